The van der Waals surface area contributed by atoms with Crippen molar-refractivity contribution in [3.63, 3.8) is 0 Å². The van der Waals surface area contributed by atoms with Crippen molar-refractivity contribution >= 4 is 28.9 Å². The van der Waals surface area contributed by atoms with Gasteiger partial charge in [-0.1, -0.05) is 6.58 Å². The minimum Gasteiger partial charge on any atom is -0.444 e. The van der Waals surface area contributed by atoms with E-state index in [1.807, 2.05) is 39.8 Å². The van der Waals surface area contributed by atoms with Crippen molar-refractivity contribution in [3.05, 3.63) is 60.4 Å². The molecule has 33 heavy (non-hydrogen) atoms. The van der Waals surface area contributed by atoms with E-state index in [2.05, 4.69) is 26.8 Å². The van der Waals surface area contributed by atoms with Crippen molar-refractivity contribution in [2.24, 2.45) is 0 Å². The summed E-state index contributed by atoms with van der Waals surface area (Å²) in [6, 6.07) is 5.24. The molecular formula is C24H29FN6O2. The maximum Gasteiger partial charge on any atom is 0.410 e. The molecule has 0 saturated carbocycles. The number of anilines is 2. The van der Waals surface area contributed by atoms with Crippen molar-refractivity contribution in [3.8, 4) is 0 Å². The van der Waals surface area contributed by atoms with E-state index >= 15 is 0 Å². The highest BCUT2D eigenvalue weighted by Crippen LogP contribution is 2.22. The average molecular weight is 453 g/mol. The molecule has 0 aliphatic carbocycles. The predicted molar refractivity (Wildman–Crippen MR) is 127 cm³/mol. The Morgan fingerprint density at radius 1 is 1.18 bits per heavy atom. The molecule has 1 saturated heterocycles. The van der Waals surface area contributed by atoms with Gasteiger partial charge in [0.1, 0.15) is 11.4 Å². The Morgan fingerprint density at radius 3 is 2.55 bits per heavy atom. The molecule has 8 nitrogen and oxygen atoms in total. The number of rotatable bonds is 4. The normalized spacial score (nSPS) is 14.5. The third-order valence-corrected chi connectivity index (χ3v) is 5.30. The summed E-state index contributed by atoms with van der Waals surface area (Å²) in [6.07, 6.45) is 5.05. The minimum atomic E-state index is -0.500. The van der Waals surface area contributed by atoms with Crippen LogP contribution in [0.3, 0.4) is 0 Å². The van der Waals surface area contributed by atoms with Crippen molar-refractivity contribution in [2.75, 3.05) is 36.4 Å². The SMILES string of the molecule is C=C(Nc1ccc(N2CCN(C(=O)OC(C)(C)C)CC2)cn1)c1cc(F)c2nc(C)cn2c1. The Bertz CT molecular complexity index is 1170. The lowest BCUT2D eigenvalue weighted by Crippen LogP contribution is -2.50. The highest BCUT2D eigenvalue weighted by molar-refractivity contribution is 5.74. The molecule has 1 aliphatic heterocycles. The number of aryl methyl sites for hydroxylation is 1. The first-order valence-corrected chi connectivity index (χ1v) is 10.9. The van der Waals surface area contributed by atoms with Crippen LogP contribution < -0.4 is 10.2 Å². The number of imidazole rings is 1. The van der Waals surface area contributed by atoms with Crippen LogP contribution in [0, 0.1) is 12.7 Å². The van der Waals surface area contributed by atoms with Crippen molar-refractivity contribution in [1.29, 1.82) is 0 Å². The molecule has 4 rings (SSSR count). The van der Waals surface area contributed by atoms with Gasteiger partial charge in [0.2, 0.25) is 0 Å². The summed E-state index contributed by atoms with van der Waals surface area (Å²) in [5, 5.41) is 3.14. The molecule has 0 unspecified atom stereocenters. The van der Waals surface area contributed by atoms with E-state index in [9.17, 15) is 9.18 Å². The summed E-state index contributed by atoms with van der Waals surface area (Å²) in [5.74, 6) is 0.204. The Labute approximate surface area is 192 Å². The number of hydrogen-bond donors (Lipinski definition) is 1. The molecule has 1 fully saturated rings. The summed E-state index contributed by atoms with van der Waals surface area (Å²) in [5.41, 5.74) is 2.65. The van der Waals surface area contributed by atoms with Gasteiger partial charge >= 0.3 is 6.09 Å². The van der Waals surface area contributed by atoms with Gasteiger partial charge in [-0.05, 0) is 45.9 Å². The molecule has 3 aromatic rings. The van der Waals surface area contributed by atoms with Crippen LogP contribution in [-0.4, -0.2) is 57.1 Å². The fourth-order valence-electron chi connectivity index (χ4n) is 3.69. The molecular weight excluding hydrogens is 423 g/mol. The zero-order chi connectivity index (χ0) is 23.8. The van der Waals surface area contributed by atoms with Gasteiger partial charge in [0, 0.05) is 49.8 Å². The second-order valence-corrected chi connectivity index (χ2v) is 9.15. The number of amides is 1. The van der Waals surface area contributed by atoms with Crippen LogP contribution >= 0.6 is 0 Å². The first kappa shape index (κ1) is 22.6. The molecule has 1 amide bonds. The Balaban J connectivity index is 1.36. The minimum absolute atomic E-state index is 0.279. The number of carbonyl (C=O) groups is 1. The number of ether oxygens (including phenoxy) is 1. The second-order valence-electron chi connectivity index (χ2n) is 9.15. The number of aromatic nitrogens is 3. The molecule has 174 valence electrons. The van der Waals surface area contributed by atoms with Gasteiger partial charge in [0.15, 0.2) is 11.5 Å². The van der Waals surface area contributed by atoms with Crippen LogP contribution in [0.1, 0.15) is 32.0 Å². The molecule has 0 bridgehead atoms. The van der Waals surface area contributed by atoms with Gasteiger partial charge in [-0.3, -0.25) is 0 Å². The molecule has 1 N–H and O–H groups in total. The Hall–Kier alpha value is -3.62. The number of nitrogens with one attached hydrogen (secondary N) is 1. The van der Waals surface area contributed by atoms with E-state index in [0.29, 0.717) is 48.9 Å². The Kier molecular flexibility index (Phi) is 5.97. The third-order valence-electron chi connectivity index (χ3n) is 5.30. The molecule has 0 spiro atoms. The van der Waals surface area contributed by atoms with Gasteiger partial charge in [-0.2, -0.15) is 0 Å². The maximum absolute atomic E-state index is 14.4. The largest absolute Gasteiger partial charge is 0.444 e. The quantitative estimate of drug-likeness (QED) is 0.636. The van der Waals surface area contributed by atoms with E-state index in [0.717, 1.165) is 11.4 Å². The highest BCUT2D eigenvalue weighted by atomic mass is 19.1. The summed E-state index contributed by atoms with van der Waals surface area (Å²) in [6.45, 7) is 14.0. The zero-order valence-corrected chi connectivity index (χ0v) is 19.4. The van der Waals surface area contributed by atoms with Crippen LogP contribution in [0.2, 0.25) is 0 Å². The summed E-state index contributed by atoms with van der Waals surface area (Å²) < 4.78 is 21.5. The number of nitrogens with zero attached hydrogens (tertiary/aromatic N) is 5. The molecule has 4 heterocycles. The van der Waals surface area contributed by atoms with E-state index in [-0.39, 0.29) is 6.09 Å². The van der Waals surface area contributed by atoms with Gasteiger partial charge in [0.05, 0.1) is 17.6 Å². The smallest absolute Gasteiger partial charge is 0.410 e. The van der Waals surface area contributed by atoms with Gasteiger partial charge in [0.25, 0.3) is 0 Å². The fourth-order valence-corrected chi connectivity index (χ4v) is 3.69. The fraction of sp³-hybridized carbons (Fsp3) is 0.375. The summed E-state index contributed by atoms with van der Waals surface area (Å²) in [4.78, 5) is 24.8. The average Bonchev–Trinajstić information content (AvgIpc) is 3.14. The lowest BCUT2D eigenvalue weighted by Gasteiger charge is -2.36. The number of fused-ring (bicyclic) bond motifs is 1. The molecule has 0 radical (unpaired) electrons. The number of pyridine rings is 2. The molecule has 0 aromatic carbocycles. The van der Waals surface area contributed by atoms with E-state index in [1.54, 1.807) is 27.9 Å². The number of hydrogen-bond acceptors (Lipinski definition) is 6. The van der Waals surface area contributed by atoms with Crippen LogP contribution in [0.25, 0.3) is 11.3 Å². The lowest BCUT2D eigenvalue weighted by molar-refractivity contribution is 0.0240. The first-order valence-electron chi connectivity index (χ1n) is 10.9. The zero-order valence-electron chi connectivity index (χ0n) is 19.4. The number of piperazine rings is 1. The van der Waals surface area contributed by atoms with Crippen LogP contribution in [0.15, 0.2) is 43.4 Å². The molecule has 0 atom stereocenters. The lowest BCUT2D eigenvalue weighted by atomic mass is 10.2. The molecule has 3 aromatic heterocycles. The van der Waals surface area contributed by atoms with Gasteiger partial charge in [-0.15, -0.1) is 0 Å². The van der Waals surface area contributed by atoms with Crippen molar-refractivity contribution in [1.82, 2.24) is 19.3 Å². The van der Waals surface area contributed by atoms with Crippen LogP contribution in [0.4, 0.5) is 20.7 Å². The van der Waals surface area contributed by atoms with E-state index in [1.165, 1.54) is 6.07 Å². The van der Waals surface area contributed by atoms with E-state index < -0.39 is 11.4 Å². The first-order chi connectivity index (χ1) is 15.6. The van der Waals surface area contributed by atoms with Gasteiger partial charge in [-0.25, -0.2) is 19.2 Å². The topological polar surface area (TPSA) is 75.0 Å². The number of halogens is 1. The van der Waals surface area contributed by atoms with Crippen LogP contribution in [0.5, 0.6) is 0 Å². The van der Waals surface area contributed by atoms with Crippen molar-refractivity contribution < 1.29 is 13.9 Å². The monoisotopic (exact) mass is 452 g/mol. The predicted octanol–water partition coefficient (Wildman–Crippen LogP) is 4.32. The van der Waals surface area contributed by atoms with Crippen molar-refractivity contribution in [2.45, 2.75) is 33.3 Å². The highest BCUT2D eigenvalue weighted by Gasteiger charge is 2.26. The maximum atomic E-state index is 14.4. The Morgan fingerprint density at radius 2 is 1.91 bits per heavy atom. The molecule has 9 heteroatoms. The molecule has 1 aliphatic rings. The second kappa shape index (κ2) is 8.73. The van der Waals surface area contributed by atoms with E-state index in [4.69, 9.17) is 4.74 Å². The number of carbonyl (C=O) groups excluding carboxylic acids is 1. The standard InChI is InChI=1S/C24H29FN6O2/c1-16-14-31-15-18(12-20(25)22(31)27-16)17(2)28-21-7-6-19(13-26-21)29-8-10-30(11-9-29)23(32)33-24(3,4)5/h6-7,12-15H,2,8-11H2,1,3-5H3,(H,26,28). The van der Waals surface area contributed by atoms with Gasteiger partial charge < -0.3 is 24.3 Å². The summed E-state index contributed by atoms with van der Waals surface area (Å²) in [7, 11) is 0. The van der Waals surface area contributed by atoms with Crippen LogP contribution in [-0.2, 0) is 4.74 Å². The summed E-state index contributed by atoms with van der Waals surface area (Å²) >= 11 is 0. The third kappa shape index (κ3) is 5.24.